The van der Waals surface area contributed by atoms with Crippen LogP contribution in [0.3, 0.4) is 0 Å². The smallest absolute Gasteiger partial charge is 0.410 e. The molecule has 7 rings (SSSR count). The number of allylic oxidation sites excluding steroid dienone is 1. The van der Waals surface area contributed by atoms with Crippen LogP contribution in [0.4, 0.5) is 9.59 Å². The van der Waals surface area contributed by atoms with Crippen molar-refractivity contribution in [2.24, 2.45) is 5.92 Å². The topological polar surface area (TPSA) is 183 Å². The quantitative estimate of drug-likeness (QED) is 0.323. The first-order chi connectivity index (χ1) is 24.5. The van der Waals surface area contributed by atoms with Crippen molar-refractivity contribution in [3.63, 3.8) is 0 Å². The van der Waals surface area contributed by atoms with Gasteiger partial charge in [-0.1, -0.05) is 62.1 Å². The standard InChI is InChI=1S/C36H48N6O8S/c43-31-30-18-27(50-35(47)41-20-23-10-6-7-11-24(23)21-41)22-42(30)32(44)29(38-34(46)37-26-13-8-9-14-26)15-5-3-1-2-4-12-25-19-36(25,39-31)33(45)40-51(48,49)28-16-17-28/h4,6-7,10-12,25-30H,1-3,5,8-9,13-22H2,(H,39,43)(H,40,45)(H2,37,38,46)/t25-,27-,29-,30+,36-/m1/s1. The first-order valence-electron chi connectivity index (χ1n) is 18.5. The number of hydrogen-bond donors (Lipinski definition) is 4. The van der Waals surface area contributed by atoms with E-state index in [1.54, 1.807) is 4.90 Å². The molecule has 3 aliphatic carbocycles. The highest BCUT2D eigenvalue weighted by Crippen LogP contribution is 2.46. The van der Waals surface area contributed by atoms with Gasteiger partial charge >= 0.3 is 12.1 Å². The Hall–Kier alpha value is -4.14. The number of ether oxygens (including phenoxy) is 1. The number of fused-ring (bicyclic) bond motifs is 3. The van der Waals surface area contributed by atoms with Gasteiger partial charge in [0.2, 0.25) is 21.8 Å². The normalized spacial score (nSPS) is 29.9. The number of nitrogens with one attached hydrogen (secondary N) is 4. The van der Waals surface area contributed by atoms with Crippen LogP contribution >= 0.6 is 0 Å². The molecule has 6 aliphatic rings. The minimum atomic E-state index is -3.88. The zero-order valence-electron chi connectivity index (χ0n) is 28.8. The van der Waals surface area contributed by atoms with Gasteiger partial charge in [0, 0.05) is 31.5 Å². The van der Waals surface area contributed by atoms with Gasteiger partial charge in [-0.05, 0) is 62.5 Å². The monoisotopic (exact) mass is 724 g/mol. The predicted molar refractivity (Wildman–Crippen MR) is 185 cm³/mol. The van der Waals surface area contributed by atoms with Crippen molar-refractivity contribution in [3.8, 4) is 0 Å². The van der Waals surface area contributed by atoms with E-state index >= 15 is 0 Å². The van der Waals surface area contributed by atoms with Crippen LogP contribution in [-0.2, 0) is 42.2 Å². The Balaban J connectivity index is 1.12. The Morgan fingerprint density at radius 3 is 2.31 bits per heavy atom. The van der Waals surface area contributed by atoms with Crippen LogP contribution in [0.25, 0.3) is 0 Å². The molecule has 0 bridgehead atoms. The van der Waals surface area contributed by atoms with Gasteiger partial charge < -0.3 is 25.6 Å². The van der Waals surface area contributed by atoms with Gasteiger partial charge in [0.1, 0.15) is 23.7 Å². The third-order valence-corrected chi connectivity index (χ3v) is 13.0. The highest BCUT2D eigenvalue weighted by molar-refractivity contribution is 7.91. The van der Waals surface area contributed by atoms with E-state index in [0.717, 1.165) is 49.7 Å². The SMILES string of the molecule is O=C(NC1CCCC1)N[C@@H]1CCCCCC=C[C@@H]2C[C@@]2(C(=O)NS(=O)(=O)C2CC2)NC(=O)[C@@H]2C[C@@H](OC(=O)N3Cc4ccccc4C3)CN2C1=O. The number of carbonyl (C=O) groups excluding carboxylic acids is 5. The van der Waals surface area contributed by atoms with Gasteiger partial charge in [0.15, 0.2) is 0 Å². The lowest BCUT2D eigenvalue weighted by Crippen LogP contribution is -2.59. The van der Waals surface area contributed by atoms with Crippen molar-refractivity contribution in [1.29, 1.82) is 0 Å². The van der Waals surface area contributed by atoms with Crippen molar-refractivity contribution in [3.05, 3.63) is 47.5 Å². The summed E-state index contributed by atoms with van der Waals surface area (Å²) in [5.74, 6) is -2.34. The van der Waals surface area contributed by atoms with Gasteiger partial charge in [-0.25, -0.2) is 18.0 Å². The second-order valence-electron chi connectivity index (χ2n) is 15.0. The zero-order valence-corrected chi connectivity index (χ0v) is 29.6. The molecule has 6 amide bonds. The Morgan fingerprint density at radius 2 is 1.61 bits per heavy atom. The molecule has 4 N–H and O–H groups in total. The molecule has 0 unspecified atom stereocenters. The predicted octanol–water partition coefficient (Wildman–Crippen LogP) is 2.72. The van der Waals surface area contributed by atoms with E-state index in [4.69, 9.17) is 4.74 Å². The fourth-order valence-electron chi connectivity index (χ4n) is 7.98. The van der Waals surface area contributed by atoms with Crippen LogP contribution in [0, 0.1) is 5.92 Å². The van der Waals surface area contributed by atoms with E-state index in [0.29, 0.717) is 45.2 Å². The lowest BCUT2D eigenvalue weighted by atomic mass is 10.0. The zero-order chi connectivity index (χ0) is 35.8. The molecule has 3 aliphatic heterocycles. The van der Waals surface area contributed by atoms with Gasteiger partial charge in [0.25, 0.3) is 5.91 Å². The Labute approximate surface area is 298 Å². The van der Waals surface area contributed by atoms with Crippen LogP contribution in [0.15, 0.2) is 36.4 Å². The molecule has 3 heterocycles. The first-order valence-corrected chi connectivity index (χ1v) is 20.0. The van der Waals surface area contributed by atoms with Crippen molar-refractivity contribution in [2.75, 3.05) is 6.54 Å². The van der Waals surface area contributed by atoms with E-state index in [9.17, 15) is 32.4 Å². The maximum Gasteiger partial charge on any atom is 0.410 e. The maximum absolute atomic E-state index is 14.4. The van der Waals surface area contributed by atoms with Gasteiger partial charge in [-0.3, -0.25) is 24.0 Å². The second kappa shape index (κ2) is 14.5. The minimum absolute atomic E-state index is 0.0241. The van der Waals surface area contributed by atoms with E-state index < -0.39 is 74.8 Å². The molecule has 14 nitrogen and oxygen atoms in total. The van der Waals surface area contributed by atoms with Crippen LogP contribution in [-0.4, -0.2) is 89.6 Å². The molecular formula is C36H48N6O8S. The molecule has 1 aromatic carbocycles. The minimum Gasteiger partial charge on any atom is -0.444 e. The Morgan fingerprint density at radius 1 is 0.902 bits per heavy atom. The van der Waals surface area contributed by atoms with E-state index in [-0.39, 0.29) is 25.4 Å². The number of nitrogens with zero attached hydrogens (tertiary/aromatic N) is 2. The summed E-state index contributed by atoms with van der Waals surface area (Å²) in [5.41, 5.74) is 0.542. The van der Waals surface area contributed by atoms with Crippen molar-refractivity contribution in [2.45, 2.75) is 132 Å². The summed E-state index contributed by atoms with van der Waals surface area (Å²) in [7, 11) is -3.88. The third-order valence-electron chi connectivity index (χ3n) is 11.2. The average molecular weight is 725 g/mol. The van der Waals surface area contributed by atoms with E-state index in [1.807, 2.05) is 36.4 Å². The summed E-state index contributed by atoms with van der Waals surface area (Å²) in [5, 5.41) is 8.08. The lowest BCUT2D eigenvalue weighted by molar-refractivity contribution is -0.141. The van der Waals surface area contributed by atoms with Crippen molar-refractivity contribution in [1.82, 2.24) is 30.5 Å². The molecule has 1 saturated heterocycles. The number of rotatable bonds is 6. The Bertz CT molecular complexity index is 1670. The molecule has 0 aromatic heterocycles. The third kappa shape index (κ3) is 7.87. The van der Waals surface area contributed by atoms with Crippen LogP contribution in [0.5, 0.6) is 0 Å². The molecular weight excluding hydrogens is 676 g/mol. The number of benzene rings is 1. The average Bonchev–Trinajstić information content (AvgIpc) is 3.88. The fraction of sp³-hybridized carbons (Fsp3) is 0.639. The summed E-state index contributed by atoms with van der Waals surface area (Å²) >= 11 is 0. The van der Waals surface area contributed by atoms with Gasteiger partial charge in [0.05, 0.1) is 11.8 Å². The Kier molecular flexibility index (Phi) is 10.0. The molecule has 5 atom stereocenters. The van der Waals surface area contributed by atoms with Crippen molar-refractivity contribution < 1.29 is 37.1 Å². The van der Waals surface area contributed by atoms with E-state index in [2.05, 4.69) is 20.7 Å². The molecule has 1 aromatic rings. The molecule has 0 spiro atoms. The summed E-state index contributed by atoms with van der Waals surface area (Å²) < 4.78 is 33.7. The number of sulfonamides is 1. The second-order valence-corrected chi connectivity index (χ2v) is 17.0. The van der Waals surface area contributed by atoms with E-state index in [1.165, 1.54) is 4.90 Å². The number of carbonyl (C=O) groups is 5. The highest BCUT2D eigenvalue weighted by Gasteiger charge is 2.62. The molecule has 0 radical (unpaired) electrons. The summed E-state index contributed by atoms with van der Waals surface area (Å²) in [6.07, 6.45) is 10.7. The van der Waals surface area contributed by atoms with Gasteiger partial charge in [-0.2, -0.15) is 0 Å². The molecule has 15 heteroatoms. The molecule has 3 saturated carbocycles. The summed E-state index contributed by atoms with van der Waals surface area (Å²) in [6.45, 7) is 0.684. The largest absolute Gasteiger partial charge is 0.444 e. The van der Waals surface area contributed by atoms with Crippen LogP contribution < -0.4 is 20.7 Å². The lowest BCUT2D eigenvalue weighted by Gasteiger charge is -2.30. The summed E-state index contributed by atoms with van der Waals surface area (Å²) in [6, 6.07) is 5.27. The van der Waals surface area contributed by atoms with Crippen molar-refractivity contribution >= 4 is 39.9 Å². The fourth-order valence-corrected chi connectivity index (χ4v) is 9.35. The summed E-state index contributed by atoms with van der Waals surface area (Å²) in [4.78, 5) is 71.6. The number of urea groups is 1. The number of amides is 6. The van der Waals surface area contributed by atoms with Crippen LogP contribution in [0.2, 0.25) is 0 Å². The first kappa shape index (κ1) is 35.3. The maximum atomic E-state index is 14.4. The van der Waals surface area contributed by atoms with Gasteiger partial charge in [-0.15, -0.1) is 0 Å². The highest BCUT2D eigenvalue weighted by atomic mass is 32.2. The van der Waals surface area contributed by atoms with Crippen LogP contribution in [0.1, 0.15) is 94.6 Å². The molecule has 51 heavy (non-hydrogen) atoms. The number of hydrogen-bond acceptors (Lipinski definition) is 8. The molecule has 4 fully saturated rings. The molecule has 276 valence electrons.